The van der Waals surface area contributed by atoms with Crippen LogP contribution in [0.3, 0.4) is 0 Å². The van der Waals surface area contributed by atoms with Gasteiger partial charge in [0.15, 0.2) is 5.96 Å². The predicted octanol–water partition coefficient (Wildman–Crippen LogP) is 2.80. The van der Waals surface area contributed by atoms with Crippen LogP contribution >= 0.6 is 0 Å². The summed E-state index contributed by atoms with van der Waals surface area (Å²) in [5.41, 5.74) is -0.503. The lowest BCUT2D eigenvalue weighted by Crippen LogP contribution is -2.48. The number of amides is 1. The number of carbonyl (C=O) groups is 1. The third kappa shape index (κ3) is 7.88. The minimum absolute atomic E-state index is 0.285. The van der Waals surface area contributed by atoms with Gasteiger partial charge in [-0.2, -0.15) is 0 Å². The lowest BCUT2D eigenvalue weighted by atomic mass is 9.96. The Morgan fingerprint density at radius 1 is 1.36 bits per heavy atom. The van der Waals surface area contributed by atoms with Crippen LogP contribution in [0, 0.1) is 5.92 Å². The maximum Gasteiger partial charge on any atom is 0.410 e. The molecular weight excluding hydrogens is 330 g/mol. The van der Waals surface area contributed by atoms with Crippen LogP contribution in [0.1, 0.15) is 40.5 Å². The normalized spacial score (nSPS) is 17.0. The molecule has 0 atom stereocenters. The van der Waals surface area contributed by atoms with Gasteiger partial charge >= 0.3 is 6.09 Å². The second-order valence-electron chi connectivity index (χ2n) is 7.27. The number of aliphatic imine (C=N–C) groups is 1. The third-order valence-electron chi connectivity index (χ3n) is 4.05. The van der Waals surface area contributed by atoms with Crippen LogP contribution in [-0.2, 0) is 4.74 Å². The number of hydrogen-bond acceptors (Lipinski definition) is 3. The molecule has 8 heteroatoms. The maximum atomic E-state index is 12.4. The average Bonchev–Trinajstić information content (AvgIpc) is 2.52. The standard InChI is InChI=1S/C17H32F2N4O2/c1-6-22(16(24)25-17(2,3)4)12-13-7-9-23(10-8-13)15(20-5)21-11-14(18)19/h13-14H,6-12H2,1-5H3,(H,20,21). The van der Waals surface area contributed by atoms with E-state index >= 15 is 0 Å². The number of hydrogen-bond donors (Lipinski definition) is 1. The lowest BCUT2D eigenvalue weighted by molar-refractivity contribution is 0.0214. The molecule has 1 rings (SSSR count). The molecule has 25 heavy (non-hydrogen) atoms. The summed E-state index contributed by atoms with van der Waals surface area (Å²) in [6.07, 6.45) is -0.920. The topological polar surface area (TPSA) is 57.2 Å². The molecule has 0 aliphatic carbocycles. The first-order chi connectivity index (χ1) is 11.7. The number of ether oxygens (including phenoxy) is 1. The van der Waals surface area contributed by atoms with Crippen molar-refractivity contribution in [3.8, 4) is 0 Å². The smallest absolute Gasteiger partial charge is 0.410 e. The number of nitrogens with one attached hydrogen (secondary N) is 1. The monoisotopic (exact) mass is 362 g/mol. The lowest BCUT2D eigenvalue weighted by Gasteiger charge is -2.36. The minimum atomic E-state index is -2.40. The fourth-order valence-electron chi connectivity index (χ4n) is 2.80. The summed E-state index contributed by atoms with van der Waals surface area (Å²) < 4.78 is 30.1. The van der Waals surface area contributed by atoms with Crippen molar-refractivity contribution < 1.29 is 18.3 Å². The van der Waals surface area contributed by atoms with E-state index in [1.54, 1.807) is 11.9 Å². The molecule has 146 valence electrons. The molecule has 1 saturated heterocycles. The Morgan fingerprint density at radius 3 is 2.40 bits per heavy atom. The Morgan fingerprint density at radius 2 is 1.96 bits per heavy atom. The van der Waals surface area contributed by atoms with Crippen molar-refractivity contribution in [1.29, 1.82) is 0 Å². The Balaban J connectivity index is 2.48. The van der Waals surface area contributed by atoms with E-state index < -0.39 is 18.6 Å². The van der Waals surface area contributed by atoms with Crippen LogP contribution in [0.15, 0.2) is 4.99 Å². The minimum Gasteiger partial charge on any atom is -0.444 e. The number of carbonyl (C=O) groups excluding carboxylic acids is 1. The summed E-state index contributed by atoms with van der Waals surface area (Å²) >= 11 is 0. The number of guanidine groups is 1. The van der Waals surface area contributed by atoms with Gasteiger partial charge in [0.2, 0.25) is 0 Å². The van der Waals surface area contributed by atoms with E-state index in [-0.39, 0.29) is 6.09 Å². The Bertz CT molecular complexity index is 444. The van der Waals surface area contributed by atoms with Gasteiger partial charge in [0.1, 0.15) is 5.60 Å². The van der Waals surface area contributed by atoms with Crippen LogP contribution in [0.25, 0.3) is 0 Å². The van der Waals surface area contributed by atoms with E-state index in [1.165, 1.54) is 0 Å². The quantitative estimate of drug-likeness (QED) is 0.604. The molecule has 0 saturated carbocycles. The van der Waals surface area contributed by atoms with Crippen molar-refractivity contribution >= 4 is 12.1 Å². The van der Waals surface area contributed by atoms with Crippen LogP contribution in [0.5, 0.6) is 0 Å². The van der Waals surface area contributed by atoms with Gasteiger partial charge in [-0.05, 0) is 46.5 Å². The zero-order valence-corrected chi connectivity index (χ0v) is 16.0. The first-order valence-corrected chi connectivity index (χ1v) is 8.88. The van der Waals surface area contributed by atoms with E-state index in [0.717, 1.165) is 25.9 Å². The van der Waals surface area contributed by atoms with Crippen LogP contribution in [0.4, 0.5) is 13.6 Å². The largest absolute Gasteiger partial charge is 0.444 e. The summed E-state index contributed by atoms with van der Waals surface area (Å²) in [5.74, 6) is 0.884. The Hall–Kier alpha value is -1.60. The van der Waals surface area contributed by atoms with Crippen molar-refractivity contribution in [1.82, 2.24) is 15.1 Å². The molecule has 1 aliphatic heterocycles. The van der Waals surface area contributed by atoms with Gasteiger partial charge in [-0.1, -0.05) is 0 Å². The predicted molar refractivity (Wildman–Crippen MR) is 95.1 cm³/mol. The molecule has 0 spiro atoms. The molecule has 6 nitrogen and oxygen atoms in total. The van der Waals surface area contributed by atoms with Gasteiger partial charge in [-0.25, -0.2) is 13.6 Å². The molecule has 0 aromatic carbocycles. The van der Waals surface area contributed by atoms with Gasteiger partial charge < -0.3 is 19.9 Å². The number of rotatable bonds is 5. The summed E-state index contributed by atoms with van der Waals surface area (Å²) in [5, 5.41) is 2.69. The van der Waals surface area contributed by atoms with E-state index in [1.807, 2.05) is 32.6 Å². The molecule has 0 aromatic rings. The second kappa shape index (κ2) is 9.77. The van der Waals surface area contributed by atoms with Crippen LogP contribution in [-0.4, -0.2) is 73.7 Å². The van der Waals surface area contributed by atoms with Gasteiger partial charge in [-0.15, -0.1) is 0 Å². The van der Waals surface area contributed by atoms with Gasteiger partial charge in [0, 0.05) is 33.2 Å². The molecule has 0 bridgehead atoms. The fraction of sp³-hybridized carbons (Fsp3) is 0.882. The fourth-order valence-corrected chi connectivity index (χ4v) is 2.80. The van der Waals surface area contributed by atoms with E-state index in [2.05, 4.69) is 10.3 Å². The van der Waals surface area contributed by atoms with Crippen LogP contribution < -0.4 is 5.32 Å². The van der Waals surface area contributed by atoms with E-state index in [0.29, 0.717) is 25.0 Å². The first-order valence-electron chi connectivity index (χ1n) is 8.88. The number of alkyl halides is 2. The molecule has 1 heterocycles. The van der Waals surface area contributed by atoms with Gasteiger partial charge in [0.05, 0.1) is 6.54 Å². The maximum absolute atomic E-state index is 12.4. The van der Waals surface area contributed by atoms with E-state index in [9.17, 15) is 13.6 Å². The van der Waals surface area contributed by atoms with Crippen molar-refractivity contribution in [2.45, 2.75) is 52.6 Å². The van der Waals surface area contributed by atoms with Crippen molar-refractivity contribution in [3.05, 3.63) is 0 Å². The summed E-state index contributed by atoms with van der Waals surface area (Å²) in [6, 6.07) is 0. The number of halogens is 2. The molecule has 0 aromatic heterocycles. The Labute approximate surface area is 149 Å². The molecular formula is C17H32F2N4O2. The highest BCUT2D eigenvalue weighted by molar-refractivity contribution is 5.80. The number of likely N-dealkylation sites (tertiary alicyclic amines) is 1. The highest BCUT2D eigenvalue weighted by atomic mass is 19.3. The summed E-state index contributed by atoms with van der Waals surface area (Å²) in [6.45, 7) is 9.84. The third-order valence-corrected chi connectivity index (χ3v) is 4.05. The van der Waals surface area contributed by atoms with E-state index in [4.69, 9.17) is 4.74 Å². The highest BCUT2D eigenvalue weighted by Gasteiger charge is 2.27. The molecule has 1 aliphatic rings. The second-order valence-corrected chi connectivity index (χ2v) is 7.27. The zero-order chi connectivity index (χ0) is 19.0. The SMILES string of the molecule is CCN(CC1CCN(C(=NC)NCC(F)F)CC1)C(=O)OC(C)(C)C. The highest BCUT2D eigenvalue weighted by Crippen LogP contribution is 2.20. The first kappa shape index (κ1) is 21.4. The van der Waals surface area contributed by atoms with Gasteiger partial charge in [0.25, 0.3) is 6.43 Å². The van der Waals surface area contributed by atoms with Crippen molar-refractivity contribution in [2.24, 2.45) is 10.9 Å². The molecule has 0 radical (unpaired) electrons. The zero-order valence-electron chi connectivity index (χ0n) is 16.0. The molecule has 1 fully saturated rings. The molecule has 1 amide bonds. The summed E-state index contributed by atoms with van der Waals surface area (Å²) in [4.78, 5) is 20.0. The molecule has 0 unspecified atom stereocenters. The number of nitrogens with zero attached hydrogens (tertiary/aromatic N) is 3. The summed E-state index contributed by atoms with van der Waals surface area (Å²) in [7, 11) is 1.60. The van der Waals surface area contributed by atoms with Crippen molar-refractivity contribution in [2.75, 3.05) is 39.8 Å². The van der Waals surface area contributed by atoms with Crippen molar-refractivity contribution in [3.63, 3.8) is 0 Å². The van der Waals surface area contributed by atoms with Crippen LogP contribution in [0.2, 0.25) is 0 Å². The van der Waals surface area contributed by atoms with Gasteiger partial charge in [-0.3, -0.25) is 4.99 Å². The average molecular weight is 362 g/mol. The molecule has 1 N–H and O–H groups in total. The number of piperidine rings is 1. The Kier molecular flexibility index (Phi) is 8.38.